The van der Waals surface area contributed by atoms with Crippen molar-refractivity contribution in [1.82, 2.24) is 25.1 Å². The SMILES string of the molecule is Cc1cccc(-n2ncc3c(=O)[nH]c(SCC(=O)NCCc4ccccc4)nc32)c1. The largest absolute Gasteiger partial charge is 0.355 e. The summed E-state index contributed by atoms with van der Waals surface area (Å²) >= 11 is 1.19. The normalized spacial score (nSPS) is 11.0. The summed E-state index contributed by atoms with van der Waals surface area (Å²) in [5.74, 6) is 0.0628. The fourth-order valence-corrected chi connectivity index (χ4v) is 3.78. The van der Waals surface area contributed by atoms with Gasteiger partial charge in [-0.1, -0.05) is 54.2 Å². The van der Waals surface area contributed by atoms with Gasteiger partial charge in [-0.25, -0.2) is 9.67 Å². The Labute approximate surface area is 177 Å². The van der Waals surface area contributed by atoms with E-state index in [1.807, 2.05) is 61.5 Å². The van der Waals surface area contributed by atoms with E-state index in [0.29, 0.717) is 22.7 Å². The number of H-pyrrole nitrogens is 1. The molecule has 0 saturated carbocycles. The van der Waals surface area contributed by atoms with Gasteiger partial charge in [0.2, 0.25) is 5.91 Å². The minimum absolute atomic E-state index is 0.106. The molecule has 0 aliphatic rings. The van der Waals surface area contributed by atoms with Crippen molar-refractivity contribution in [2.45, 2.75) is 18.5 Å². The zero-order chi connectivity index (χ0) is 20.9. The highest BCUT2D eigenvalue weighted by molar-refractivity contribution is 7.99. The van der Waals surface area contributed by atoms with Crippen molar-refractivity contribution in [3.8, 4) is 5.69 Å². The van der Waals surface area contributed by atoms with E-state index >= 15 is 0 Å². The summed E-state index contributed by atoms with van der Waals surface area (Å²) in [5.41, 5.74) is 3.29. The van der Waals surface area contributed by atoms with Gasteiger partial charge in [0.1, 0.15) is 5.39 Å². The first kappa shape index (κ1) is 19.9. The van der Waals surface area contributed by atoms with Crippen molar-refractivity contribution in [3.63, 3.8) is 0 Å². The van der Waals surface area contributed by atoms with E-state index in [2.05, 4.69) is 20.4 Å². The Morgan fingerprint density at radius 2 is 2.00 bits per heavy atom. The summed E-state index contributed by atoms with van der Waals surface area (Å²) in [4.78, 5) is 31.8. The Hall–Kier alpha value is -3.39. The third kappa shape index (κ3) is 4.60. The van der Waals surface area contributed by atoms with E-state index in [0.717, 1.165) is 17.7 Å². The van der Waals surface area contributed by atoms with Crippen molar-refractivity contribution >= 4 is 28.7 Å². The fraction of sp³-hybridized carbons (Fsp3) is 0.182. The van der Waals surface area contributed by atoms with Crippen molar-refractivity contribution in [2.24, 2.45) is 0 Å². The molecule has 2 aromatic heterocycles. The molecule has 1 amide bonds. The lowest BCUT2D eigenvalue weighted by atomic mass is 10.1. The van der Waals surface area contributed by atoms with Crippen LogP contribution in [0.4, 0.5) is 0 Å². The molecular formula is C22H21N5O2S. The molecule has 0 fully saturated rings. The summed E-state index contributed by atoms with van der Waals surface area (Å²) < 4.78 is 1.64. The highest BCUT2D eigenvalue weighted by Crippen LogP contribution is 2.18. The van der Waals surface area contributed by atoms with E-state index in [4.69, 9.17) is 0 Å². The molecule has 4 rings (SSSR count). The lowest BCUT2D eigenvalue weighted by molar-refractivity contribution is -0.118. The number of amides is 1. The lowest BCUT2D eigenvalue weighted by Crippen LogP contribution is -2.27. The summed E-state index contributed by atoms with van der Waals surface area (Å²) in [7, 11) is 0. The number of nitrogens with one attached hydrogen (secondary N) is 2. The molecule has 7 nitrogen and oxygen atoms in total. The summed E-state index contributed by atoms with van der Waals surface area (Å²) in [6.07, 6.45) is 2.28. The number of hydrogen-bond donors (Lipinski definition) is 2. The van der Waals surface area contributed by atoms with E-state index in [1.54, 1.807) is 4.68 Å². The molecule has 0 aliphatic carbocycles. The third-order valence-electron chi connectivity index (χ3n) is 4.58. The van der Waals surface area contributed by atoms with Gasteiger partial charge in [0.25, 0.3) is 5.56 Å². The number of carbonyl (C=O) groups is 1. The fourth-order valence-electron chi connectivity index (χ4n) is 3.09. The number of fused-ring (bicyclic) bond motifs is 1. The minimum Gasteiger partial charge on any atom is -0.355 e. The van der Waals surface area contributed by atoms with Crippen LogP contribution in [0, 0.1) is 6.92 Å². The van der Waals surface area contributed by atoms with Crippen molar-refractivity contribution in [3.05, 3.63) is 82.3 Å². The van der Waals surface area contributed by atoms with Gasteiger partial charge in [-0.15, -0.1) is 0 Å². The molecule has 0 spiro atoms. The quantitative estimate of drug-likeness (QED) is 0.355. The van der Waals surface area contributed by atoms with Crippen molar-refractivity contribution < 1.29 is 4.79 Å². The number of hydrogen-bond acceptors (Lipinski definition) is 5. The maximum absolute atomic E-state index is 12.4. The van der Waals surface area contributed by atoms with Gasteiger partial charge in [-0.3, -0.25) is 9.59 Å². The lowest BCUT2D eigenvalue weighted by Gasteiger charge is -2.06. The average molecular weight is 420 g/mol. The monoisotopic (exact) mass is 419 g/mol. The molecule has 2 heterocycles. The summed E-state index contributed by atoms with van der Waals surface area (Å²) in [5, 5.41) is 8.01. The Balaban J connectivity index is 1.43. The molecule has 4 aromatic rings. The zero-order valence-electron chi connectivity index (χ0n) is 16.5. The second kappa shape index (κ2) is 8.96. The summed E-state index contributed by atoms with van der Waals surface area (Å²) in [6, 6.07) is 17.8. The molecule has 0 radical (unpaired) electrons. The van der Waals surface area contributed by atoms with Crippen LogP contribution in [0.25, 0.3) is 16.7 Å². The zero-order valence-corrected chi connectivity index (χ0v) is 17.3. The predicted octanol–water partition coefficient (Wildman–Crippen LogP) is 2.87. The maximum Gasteiger partial charge on any atom is 0.262 e. The van der Waals surface area contributed by atoms with Gasteiger partial charge in [0.05, 0.1) is 17.6 Å². The Bertz CT molecular complexity index is 1230. The number of carbonyl (C=O) groups excluding carboxylic acids is 1. The smallest absolute Gasteiger partial charge is 0.262 e. The molecule has 0 unspecified atom stereocenters. The Kier molecular flexibility index (Phi) is 5.94. The molecular weight excluding hydrogens is 398 g/mol. The number of benzene rings is 2. The van der Waals surface area contributed by atoms with Crippen LogP contribution in [0.15, 0.2) is 70.7 Å². The van der Waals surface area contributed by atoms with Gasteiger partial charge < -0.3 is 10.3 Å². The van der Waals surface area contributed by atoms with Crippen molar-refractivity contribution in [2.75, 3.05) is 12.3 Å². The van der Waals surface area contributed by atoms with Crippen LogP contribution in [0.2, 0.25) is 0 Å². The molecule has 0 saturated heterocycles. The van der Waals surface area contributed by atoms with Gasteiger partial charge >= 0.3 is 0 Å². The first-order chi connectivity index (χ1) is 14.6. The number of nitrogens with zero attached hydrogens (tertiary/aromatic N) is 3. The van der Waals surface area contributed by atoms with Crippen LogP contribution in [0.5, 0.6) is 0 Å². The van der Waals surface area contributed by atoms with E-state index in [1.165, 1.54) is 23.5 Å². The molecule has 0 bridgehead atoms. The van der Waals surface area contributed by atoms with Crippen LogP contribution in [0.1, 0.15) is 11.1 Å². The van der Waals surface area contributed by atoms with Crippen LogP contribution >= 0.6 is 11.8 Å². The highest BCUT2D eigenvalue weighted by Gasteiger charge is 2.13. The maximum atomic E-state index is 12.4. The number of aromatic nitrogens is 4. The molecule has 2 N–H and O–H groups in total. The van der Waals surface area contributed by atoms with Crippen LogP contribution in [0.3, 0.4) is 0 Å². The van der Waals surface area contributed by atoms with Gasteiger partial charge in [-0.05, 0) is 36.6 Å². The molecule has 152 valence electrons. The highest BCUT2D eigenvalue weighted by atomic mass is 32.2. The third-order valence-corrected chi connectivity index (χ3v) is 5.45. The van der Waals surface area contributed by atoms with Gasteiger partial charge in [0.15, 0.2) is 10.8 Å². The first-order valence-electron chi connectivity index (χ1n) is 9.59. The topological polar surface area (TPSA) is 92.7 Å². The second-order valence-corrected chi connectivity index (χ2v) is 7.84. The Morgan fingerprint density at radius 3 is 2.80 bits per heavy atom. The molecule has 2 aromatic carbocycles. The van der Waals surface area contributed by atoms with E-state index in [9.17, 15) is 9.59 Å². The van der Waals surface area contributed by atoms with Crippen LogP contribution < -0.4 is 10.9 Å². The minimum atomic E-state index is -0.272. The predicted molar refractivity (Wildman–Crippen MR) is 118 cm³/mol. The molecule has 0 aliphatic heterocycles. The van der Waals surface area contributed by atoms with Gasteiger partial charge in [-0.2, -0.15) is 5.10 Å². The van der Waals surface area contributed by atoms with Crippen LogP contribution in [-0.2, 0) is 11.2 Å². The number of rotatable bonds is 7. The van der Waals surface area contributed by atoms with Gasteiger partial charge in [0, 0.05) is 6.54 Å². The molecule has 8 heteroatoms. The van der Waals surface area contributed by atoms with E-state index < -0.39 is 0 Å². The summed E-state index contributed by atoms with van der Waals surface area (Å²) in [6.45, 7) is 2.56. The number of aryl methyl sites for hydroxylation is 1. The Morgan fingerprint density at radius 1 is 1.17 bits per heavy atom. The average Bonchev–Trinajstić information content (AvgIpc) is 3.18. The van der Waals surface area contributed by atoms with Crippen molar-refractivity contribution in [1.29, 1.82) is 0 Å². The first-order valence-corrected chi connectivity index (χ1v) is 10.6. The van der Waals surface area contributed by atoms with E-state index in [-0.39, 0.29) is 17.2 Å². The molecule has 0 atom stereocenters. The molecule has 30 heavy (non-hydrogen) atoms. The number of thioether (sulfide) groups is 1. The van der Waals surface area contributed by atoms with Crippen LogP contribution in [-0.4, -0.2) is 38.0 Å². The standard InChI is InChI=1S/C22H21N5O2S/c1-15-6-5-9-17(12-15)27-20-18(13-24-27)21(29)26-22(25-20)30-14-19(28)23-11-10-16-7-3-2-4-8-16/h2-9,12-13H,10-11,14H2,1H3,(H,23,28)(H,25,26,29). The number of aromatic amines is 1. The second-order valence-electron chi connectivity index (χ2n) is 6.88.